The molecular weight excluding hydrogens is 287 g/mol. The van der Waals surface area contributed by atoms with E-state index in [0.717, 1.165) is 16.8 Å². The third-order valence-electron chi connectivity index (χ3n) is 2.96. The van der Waals surface area contributed by atoms with Gasteiger partial charge >= 0.3 is 12.1 Å². The molecule has 0 atom stereocenters. The minimum absolute atomic E-state index is 0.0597. The fraction of sp³-hybridized carbons (Fsp3) is 0.231. The molecule has 0 unspecified atom stereocenters. The molecule has 0 saturated heterocycles. The topological polar surface area (TPSA) is 81.1 Å². The summed E-state index contributed by atoms with van der Waals surface area (Å²) in [5.74, 6) is -1.46. The van der Waals surface area contributed by atoms with Gasteiger partial charge in [0, 0.05) is 0 Å². The molecule has 1 aromatic carbocycles. The Labute approximate surface area is 117 Å². The highest BCUT2D eigenvalue weighted by Crippen LogP contribution is 2.31. The van der Waals surface area contributed by atoms with E-state index in [2.05, 4.69) is 5.10 Å². The number of carboxylic acid groups (broad SMARTS) is 1. The Morgan fingerprint density at radius 1 is 1.43 bits per heavy atom. The quantitative estimate of drug-likeness (QED) is 0.913. The van der Waals surface area contributed by atoms with E-state index in [4.69, 9.17) is 10.8 Å². The van der Waals surface area contributed by atoms with Crippen LogP contribution in [0.5, 0.6) is 0 Å². The minimum Gasteiger partial charge on any atom is -0.477 e. The van der Waals surface area contributed by atoms with Crippen molar-refractivity contribution < 1.29 is 23.1 Å². The first-order valence-corrected chi connectivity index (χ1v) is 6.04. The predicted molar refractivity (Wildman–Crippen MR) is 69.3 cm³/mol. The van der Waals surface area contributed by atoms with Gasteiger partial charge in [0.15, 0.2) is 0 Å². The molecule has 3 N–H and O–H groups in total. The number of carbonyl (C=O) groups is 1. The number of anilines is 1. The van der Waals surface area contributed by atoms with Crippen molar-refractivity contribution in [3.63, 3.8) is 0 Å². The molecule has 112 valence electrons. The summed E-state index contributed by atoms with van der Waals surface area (Å²) in [5, 5.41) is 13.1. The van der Waals surface area contributed by atoms with Crippen molar-refractivity contribution in [3.05, 3.63) is 41.1 Å². The molecule has 0 spiro atoms. The van der Waals surface area contributed by atoms with Gasteiger partial charge in [0.25, 0.3) is 0 Å². The fourth-order valence-electron chi connectivity index (χ4n) is 1.97. The lowest BCUT2D eigenvalue weighted by molar-refractivity contribution is -0.137. The number of halogens is 3. The Bertz CT molecular complexity index is 692. The molecule has 0 aliphatic carbocycles. The summed E-state index contributed by atoms with van der Waals surface area (Å²) < 4.78 is 39.1. The lowest BCUT2D eigenvalue weighted by atomic mass is 10.2. The highest BCUT2D eigenvalue weighted by atomic mass is 19.4. The van der Waals surface area contributed by atoms with Gasteiger partial charge in [-0.15, -0.1) is 0 Å². The molecule has 8 heteroatoms. The highest BCUT2D eigenvalue weighted by molar-refractivity contribution is 5.94. The fourth-order valence-corrected chi connectivity index (χ4v) is 1.97. The Balaban J connectivity index is 2.60. The first kappa shape index (κ1) is 14.9. The number of aromatic nitrogens is 2. The van der Waals surface area contributed by atoms with E-state index in [9.17, 15) is 18.0 Å². The summed E-state index contributed by atoms with van der Waals surface area (Å²) in [6, 6.07) is 4.38. The second kappa shape index (κ2) is 5.12. The van der Waals surface area contributed by atoms with Crippen molar-refractivity contribution >= 4 is 11.8 Å². The molecule has 0 aliphatic rings. The van der Waals surface area contributed by atoms with E-state index in [1.165, 1.54) is 12.1 Å². The Morgan fingerprint density at radius 2 is 2.10 bits per heavy atom. The van der Waals surface area contributed by atoms with Crippen LogP contribution in [0.2, 0.25) is 0 Å². The van der Waals surface area contributed by atoms with E-state index in [1.54, 1.807) is 6.92 Å². The Morgan fingerprint density at radius 3 is 2.57 bits per heavy atom. The molecule has 1 heterocycles. The van der Waals surface area contributed by atoms with Crippen molar-refractivity contribution in [1.82, 2.24) is 9.78 Å². The van der Waals surface area contributed by atoms with Crippen molar-refractivity contribution in [2.24, 2.45) is 0 Å². The maximum Gasteiger partial charge on any atom is 0.416 e. The number of aromatic carboxylic acids is 1. The second-order valence-corrected chi connectivity index (χ2v) is 4.33. The summed E-state index contributed by atoms with van der Waals surface area (Å²) in [7, 11) is 0. The van der Waals surface area contributed by atoms with Gasteiger partial charge in [-0.3, -0.25) is 0 Å². The maximum absolute atomic E-state index is 12.7. The van der Waals surface area contributed by atoms with Gasteiger partial charge < -0.3 is 10.8 Å². The van der Waals surface area contributed by atoms with Gasteiger partial charge in [-0.1, -0.05) is 13.0 Å². The Kier molecular flexibility index (Phi) is 3.63. The lowest BCUT2D eigenvalue weighted by Gasteiger charge is -2.09. The molecule has 5 nitrogen and oxygen atoms in total. The zero-order chi connectivity index (χ0) is 15.8. The summed E-state index contributed by atoms with van der Waals surface area (Å²) >= 11 is 0. The van der Waals surface area contributed by atoms with Crippen LogP contribution in [0.3, 0.4) is 0 Å². The molecule has 0 bridgehead atoms. The van der Waals surface area contributed by atoms with Crippen molar-refractivity contribution in [3.8, 4) is 5.69 Å². The SMILES string of the molecule is CCc1nn(-c2cccc(C(F)(F)F)c2)c(N)c1C(=O)O. The number of alkyl halides is 3. The highest BCUT2D eigenvalue weighted by Gasteiger charge is 2.31. The number of rotatable bonds is 3. The summed E-state index contributed by atoms with van der Waals surface area (Å²) in [6.45, 7) is 1.69. The van der Waals surface area contributed by atoms with Gasteiger partial charge in [-0.25, -0.2) is 9.48 Å². The standard InChI is InChI=1S/C13H12F3N3O2/c1-2-9-10(12(20)21)11(17)19(18-9)8-5-3-4-7(6-8)13(14,15)16/h3-6H,2,17H2,1H3,(H,20,21). The number of hydrogen-bond donors (Lipinski definition) is 2. The van der Waals surface area contributed by atoms with Gasteiger partial charge in [-0.05, 0) is 24.6 Å². The van der Waals surface area contributed by atoms with E-state index in [-0.39, 0.29) is 22.8 Å². The largest absolute Gasteiger partial charge is 0.477 e. The molecule has 1 aromatic heterocycles. The summed E-state index contributed by atoms with van der Waals surface area (Å²) in [6.07, 6.45) is -4.20. The van der Waals surface area contributed by atoms with Crippen LogP contribution in [0, 0.1) is 0 Å². The van der Waals surface area contributed by atoms with Gasteiger partial charge in [0.1, 0.15) is 11.4 Å². The number of hydrogen-bond acceptors (Lipinski definition) is 3. The molecule has 21 heavy (non-hydrogen) atoms. The Hall–Kier alpha value is -2.51. The third-order valence-corrected chi connectivity index (χ3v) is 2.96. The molecule has 2 rings (SSSR count). The van der Waals surface area contributed by atoms with Crippen LogP contribution < -0.4 is 5.73 Å². The molecule has 0 aliphatic heterocycles. The van der Waals surface area contributed by atoms with Crippen LogP contribution in [-0.2, 0) is 12.6 Å². The van der Waals surface area contributed by atoms with E-state index < -0.39 is 17.7 Å². The first-order valence-electron chi connectivity index (χ1n) is 6.04. The van der Waals surface area contributed by atoms with Gasteiger partial charge in [-0.2, -0.15) is 18.3 Å². The monoisotopic (exact) mass is 299 g/mol. The molecule has 0 saturated carbocycles. The van der Waals surface area contributed by atoms with Gasteiger partial charge in [0.2, 0.25) is 0 Å². The first-order chi connectivity index (χ1) is 9.75. The van der Waals surface area contributed by atoms with Crippen LogP contribution in [-0.4, -0.2) is 20.9 Å². The normalized spacial score (nSPS) is 11.6. The zero-order valence-electron chi connectivity index (χ0n) is 11.0. The number of aryl methyl sites for hydroxylation is 1. The smallest absolute Gasteiger partial charge is 0.416 e. The predicted octanol–water partition coefficient (Wildman–Crippen LogP) is 2.73. The van der Waals surface area contributed by atoms with Gasteiger partial charge in [0.05, 0.1) is 16.9 Å². The molecule has 0 radical (unpaired) electrons. The second-order valence-electron chi connectivity index (χ2n) is 4.33. The molecule has 2 aromatic rings. The number of nitrogens with zero attached hydrogens (tertiary/aromatic N) is 2. The van der Waals surface area contributed by atoms with E-state index >= 15 is 0 Å². The molecular formula is C13H12F3N3O2. The van der Waals surface area contributed by atoms with Crippen LogP contribution in [0.4, 0.5) is 19.0 Å². The number of carboxylic acids is 1. The zero-order valence-corrected chi connectivity index (χ0v) is 11.0. The van der Waals surface area contributed by atoms with Crippen LogP contribution in [0.25, 0.3) is 5.69 Å². The summed E-state index contributed by atoms with van der Waals surface area (Å²) in [5.41, 5.74) is 4.95. The minimum atomic E-state index is -4.50. The van der Waals surface area contributed by atoms with Crippen molar-refractivity contribution in [2.45, 2.75) is 19.5 Å². The third kappa shape index (κ3) is 2.69. The van der Waals surface area contributed by atoms with Crippen LogP contribution in [0.15, 0.2) is 24.3 Å². The maximum atomic E-state index is 12.7. The van der Waals surface area contributed by atoms with E-state index in [1.807, 2.05) is 0 Å². The van der Waals surface area contributed by atoms with Crippen LogP contribution in [0.1, 0.15) is 28.5 Å². The number of benzene rings is 1. The number of nitrogen functional groups attached to an aromatic ring is 1. The molecule has 0 fully saturated rings. The summed E-state index contributed by atoms with van der Waals surface area (Å²) in [4.78, 5) is 11.2. The average Bonchev–Trinajstić information content (AvgIpc) is 2.75. The van der Waals surface area contributed by atoms with Crippen LogP contribution >= 0.6 is 0 Å². The number of nitrogens with two attached hydrogens (primary N) is 1. The van der Waals surface area contributed by atoms with Crippen molar-refractivity contribution in [1.29, 1.82) is 0 Å². The lowest BCUT2D eigenvalue weighted by Crippen LogP contribution is -2.09. The molecule has 0 amide bonds. The average molecular weight is 299 g/mol. The van der Waals surface area contributed by atoms with E-state index in [0.29, 0.717) is 6.42 Å². The van der Waals surface area contributed by atoms with Crippen molar-refractivity contribution in [2.75, 3.05) is 5.73 Å².